The van der Waals surface area contributed by atoms with E-state index in [1.54, 1.807) is 12.1 Å². The standard InChI is InChI=1S/C17H19ClN4O/c1-17(2,3)16(23)21-7-6-20-15-11(9-19)10-22-14-5-4-12(18)8-13(14)15/h4-5,8,10H,6-7H2,1-3H3,(H,20,22)(H,21,23). The molecule has 120 valence electrons. The minimum Gasteiger partial charge on any atom is -0.382 e. The Labute approximate surface area is 140 Å². The lowest BCUT2D eigenvalue weighted by molar-refractivity contribution is -0.128. The van der Waals surface area contributed by atoms with E-state index < -0.39 is 5.41 Å². The molecule has 0 spiro atoms. The topological polar surface area (TPSA) is 77.8 Å². The highest BCUT2D eigenvalue weighted by atomic mass is 35.5. The molecule has 1 aromatic carbocycles. The van der Waals surface area contributed by atoms with E-state index in [0.717, 1.165) is 10.9 Å². The highest BCUT2D eigenvalue weighted by Crippen LogP contribution is 2.27. The Morgan fingerprint density at radius 2 is 2.09 bits per heavy atom. The third kappa shape index (κ3) is 4.11. The van der Waals surface area contributed by atoms with E-state index in [1.807, 2.05) is 26.8 Å². The van der Waals surface area contributed by atoms with Crippen LogP contribution in [0.3, 0.4) is 0 Å². The molecule has 6 heteroatoms. The van der Waals surface area contributed by atoms with Crippen molar-refractivity contribution in [1.29, 1.82) is 5.26 Å². The molecule has 0 unspecified atom stereocenters. The summed E-state index contributed by atoms with van der Waals surface area (Å²) >= 11 is 6.04. The molecule has 0 radical (unpaired) electrons. The molecule has 2 N–H and O–H groups in total. The van der Waals surface area contributed by atoms with Gasteiger partial charge in [0.05, 0.1) is 16.8 Å². The van der Waals surface area contributed by atoms with Gasteiger partial charge in [-0.3, -0.25) is 9.78 Å². The van der Waals surface area contributed by atoms with E-state index >= 15 is 0 Å². The number of pyridine rings is 1. The number of amides is 1. The number of carbonyl (C=O) groups is 1. The average molecular weight is 331 g/mol. The summed E-state index contributed by atoms with van der Waals surface area (Å²) in [4.78, 5) is 16.1. The fourth-order valence-electron chi connectivity index (χ4n) is 2.07. The van der Waals surface area contributed by atoms with Crippen molar-refractivity contribution in [2.24, 2.45) is 5.41 Å². The van der Waals surface area contributed by atoms with Crippen molar-refractivity contribution >= 4 is 34.1 Å². The Bertz CT molecular complexity index is 774. The van der Waals surface area contributed by atoms with Gasteiger partial charge in [0.1, 0.15) is 6.07 Å². The van der Waals surface area contributed by atoms with E-state index in [9.17, 15) is 10.1 Å². The van der Waals surface area contributed by atoms with Crippen molar-refractivity contribution in [2.75, 3.05) is 18.4 Å². The smallest absolute Gasteiger partial charge is 0.225 e. The second-order valence-corrected chi connectivity index (χ2v) is 6.69. The molecule has 0 atom stereocenters. The quantitative estimate of drug-likeness (QED) is 0.843. The van der Waals surface area contributed by atoms with Crippen LogP contribution in [-0.2, 0) is 4.79 Å². The van der Waals surface area contributed by atoms with Gasteiger partial charge < -0.3 is 10.6 Å². The van der Waals surface area contributed by atoms with Crippen LogP contribution >= 0.6 is 11.6 Å². The summed E-state index contributed by atoms with van der Waals surface area (Å²) in [5.41, 5.74) is 1.47. The molecule has 2 aromatic rings. The molecule has 1 aromatic heterocycles. The van der Waals surface area contributed by atoms with Gasteiger partial charge in [-0.2, -0.15) is 5.26 Å². The van der Waals surface area contributed by atoms with Gasteiger partial charge in [-0.25, -0.2) is 0 Å². The summed E-state index contributed by atoms with van der Waals surface area (Å²) in [6.07, 6.45) is 1.53. The zero-order valence-electron chi connectivity index (χ0n) is 13.4. The number of fused-ring (bicyclic) bond motifs is 1. The van der Waals surface area contributed by atoms with Crippen molar-refractivity contribution < 1.29 is 4.79 Å². The van der Waals surface area contributed by atoms with Gasteiger partial charge in [0.25, 0.3) is 0 Å². The summed E-state index contributed by atoms with van der Waals surface area (Å²) in [6, 6.07) is 7.48. The molecule has 23 heavy (non-hydrogen) atoms. The Morgan fingerprint density at radius 3 is 2.74 bits per heavy atom. The number of aromatic nitrogens is 1. The van der Waals surface area contributed by atoms with Gasteiger partial charge in [0.15, 0.2) is 0 Å². The number of nitriles is 1. The maximum Gasteiger partial charge on any atom is 0.225 e. The average Bonchev–Trinajstić information content (AvgIpc) is 2.50. The lowest BCUT2D eigenvalue weighted by Crippen LogP contribution is -2.37. The summed E-state index contributed by atoms with van der Waals surface area (Å²) < 4.78 is 0. The second kappa shape index (κ2) is 6.84. The maximum atomic E-state index is 11.8. The number of nitrogens with zero attached hydrogens (tertiary/aromatic N) is 2. The van der Waals surface area contributed by atoms with Crippen LogP contribution in [0.15, 0.2) is 24.4 Å². The summed E-state index contributed by atoms with van der Waals surface area (Å²) in [5.74, 6) is -0.0116. The van der Waals surface area contributed by atoms with Crippen LogP contribution in [0.2, 0.25) is 5.02 Å². The van der Waals surface area contributed by atoms with Crippen molar-refractivity contribution in [3.8, 4) is 6.07 Å². The fourth-order valence-corrected chi connectivity index (χ4v) is 2.24. The third-order valence-electron chi connectivity index (χ3n) is 3.34. The van der Waals surface area contributed by atoms with Crippen LogP contribution in [0.5, 0.6) is 0 Å². The molecule has 1 heterocycles. The predicted octanol–water partition coefficient (Wildman–Crippen LogP) is 3.33. The van der Waals surface area contributed by atoms with Gasteiger partial charge >= 0.3 is 0 Å². The highest BCUT2D eigenvalue weighted by Gasteiger charge is 2.20. The van der Waals surface area contributed by atoms with Crippen LogP contribution < -0.4 is 10.6 Å². The fraction of sp³-hybridized carbons (Fsp3) is 0.353. The van der Waals surface area contributed by atoms with E-state index in [1.165, 1.54) is 6.20 Å². The first kappa shape index (κ1) is 17.0. The molecule has 5 nitrogen and oxygen atoms in total. The Morgan fingerprint density at radius 1 is 1.35 bits per heavy atom. The van der Waals surface area contributed by atoms with Crippen LogP contribution in [0, 0.1) is 16.7 Å². The van der Waals surface area contributed by atoms with E-state index in [2.05, 4.69) is 21.7 Å². The van der Waals surface area contributed by atoms with Crippen LogP contribution in [0.4, 0.5) is 5.69 Å². The third-order valence-corrected chi connectivity index (χ3v) is 3.58. The molecule has 1 amide bonds. The molecule has 0 saturated heterocycles. The molecular weight excluding hydrogens is 312 g/mol. The zero-order valence-corrected chi connectivity index (χ0v) is 14.2. The molecule has 0 saturated carbocycles. The Kier molecular flexibility index (Phi) is 5.07. The van der Waals surface area contributed by atoms with Gasteiger partial charge in [-0.15, -0.1) is 0 Å². The first-order valence-corrected chi connectivity index (χ1v) is 7.71. The van der Waals surface area contributed by atoms with Gasteiger partial charge in [-0.05, 0) is 18.2 Å². The summed E-state index contributed by atoms with van der Waals surface area (Å²) in [7, 11) is 0. The van der Waals surface area contributed by atoms with Crippen LogP contribution in [-0.4, -0.2) is 24.0 Å². The first-order valence-electron chi connectivity index (χ1n) is 7.33. The molecule has 0 aliphatic carbocycles. The molecular formula is C17H19ClN4O. The number of halogens is 1. The molecule has 0 bridgehead atoms. The van der Waals surface area contributed by atoms with Crippen molar-refractivity contribution in [3.63, 3.8) is 0 Å². The monoisotopic (exact) mass is 330 g/mol. The van der Waals surface area contributed by atoms with Crippen molar-refractivity contribution in [2.45, 2.75) is 20.8 Å². The highest BCUT2D eigenvalue weighted by molar-refractivity contribution is 6.31. The van der Waals surface area contributed by atoms with E-state index in [0.29, 0.717) is 29.4 Å². The molecule has 0 fully saturated rings. The Balaban J connectivity index is 2.15. The minimum atomic E-state index is -0.422. The number of carbonyl (C=O) groups excluding carboxylic acids is 1. The van der Waals surface area contributed by atoms with E-state index in [-0.39, 0.29) is 5.91 Å². The normalized spacial score (nSPS) is 11.1. The lowest BCUT2D eigenvalue weighted by atomic mass is 9.96. The second-order valence-electron chi connectivity index (χ2n) is 6.25. The van der Waals surface area contributed by atoms with Crippen LogP contribution in [0.25, 0.3) is 10.9 Å². The van der Waals surface area contributed by atoms with Gasteiger partial charge in [0, 0.05) is 35.1 Å². The maximum absolute atomic E-state index is 11.8. The SMILES string of the molecule is CC(C)(C)C(=O)NCCNc1c(C#N)cnc2ccc(Cl)cc12. The minimum absolute atomic E-state index is 0.0116. The number of hydrogen-bond donors (Lipinski definition) is 2. The zero-order chi connectivity index (χ0) is 17.0. The number of hydrogen-bond acceptors (Lipinski definition) is 4. The number of anilines is 1. The molecule has 0 aliphatic heterocycles. The van der Waals surface area contributed by atoms with Gasteiger partial charge in [0.2, 0.25) is 5.91 Å². The largest absolute Gasteiger partial charge is 0.382 e. The molecule has 2 rings (SSSR count). The lowest BCUT2D eigenvalue weighted by Gasteiger charge is -2.18. The number of nitrogens with one attached hydrogen (secondary N) is 2. The summed E-state index contributed by atoms with van der Waals surface area (Å²) in [6.45, 7) is 6.55. The van der Waals surface area contributed by atoms with Gasteiger partial charge in [-0.1, -0.05) is 32.4 Å². The Hall–Kier alpha value is -2.32. The summed E-state index contributed by atoms with van der Waals surface area (Å²) in [5, 5.41) is 16.7. The predicted molar refractivity (Wildman–Crippen MR) is 92.4 cm³/mol. The first-order chi connectivity index (χ1) is 10.8. The van der Waals surface area contributed by atoms with E-state index in [4.69, 9.17) is 11.6 Å². The van der Waals surface area contributed by atoms with Crippen molar-refractivity contribution in [1.82, 2.24) is 10.3 Å². The molecule has 0 aliphatic rings. The van der Waals surface area contributed by atoms with Crippen LogP contribution in [0.1, 0.15) is 26.3 Å². The number of benzene rings is 1. The number of rotatable bonds is 4. The van der Waals surface area contributed by atoms with Crippen molar-refractivity contribution in [3.05, 3.63) is 35.0 Å².